The molecule has 226 valence electrons. The van der Waals surface area contributed by atoms with Crippen molar-refractivity contribution in [2.75, 3.05) is 0 Å². The minimum atomic E-state index is -0.956. The van der Waals surface area contributed by atoms with Gasteiger partial charge in [-0.1, -0.05) is 70.7 Å². The molecule has 0 aliphatic rings. The summed E-state index contributed by atoms with van der Waals surface area (Å²) < 4.78 is 0. The maximum atomic E-state index is 10.3. The first-order valence-corrected chi connectivity index (χ1v) is 12.3. The summed E-state index contributed by atoms with van der Waals surface area (Å²) in [4.78, 5) is 41.2. The van der Waals surface area contributed by atoms with Crippen LogP contribution in [0.15, 0.2) is 97.1 Å². The van der Waals surface area contributed by atoms with Crippen LogP contribution in [-0.4, -0.2) is 44.3 Å². The molecule has 14 heteroatoms. The van der Waals surface area contributed by atoms with E-state index in [2.05, 4.69) is 0 Å². The van der Waals surface area contributed by atoms with Gasteiger partial charge < -0.3 is 20.4 Å². The van der Waals surface area contributed by atoms with Crippen molar-refractivity contribution in [3.8, 4) is 0 Å². The molecular formula is C28H20Cl4O8Rh2. The maximum Gasteiger partial charge on any atom is 0.335 e. The number of rotatable bonds is 4. The SMILES string of the molecule is O=C(O)c1cccc(Cl)c1.O=C(O)c1cccc(Cl)c1.O=C(O)c1cccc(Cl)c1.O=C(O)c1cccc(Cl)c1.[Rh].[Rh]. The Labute approximate surface area is 286 Å². The molecule has 0 aliphatic heterocycles. The average molecular weight is 832 g/mol. The number of hydrogen-bond donors (Lipinski definition) is 4. The quantitative estimate of drug-likeness (QED) is 0.151. The maximum absolute atomic E-state index is 10.3. The van der Waals surface area contributed by atoms with Crippen LogP contribution in [0, 0.1) is 0 Å². The smallest absolute Gasteiger partial charge is 0.335 e. The molecule has 0 fully saturated rings. The Hall–Kier alpha value is -2.83. The van der Waals surface area contributed by atoms with Crippen molar-refractivity contribution >= 4 is 70.3 Å². The van der Waals surface area contributed by atoms with Crippen molar-refractivity contribution < 1.29 is 78.6 Å². The molecule has 2 radical (unpaired) electrons. The average Bonchev–Trinajstić information content (AvgIpc) is 2.90. The van der Waals surface area contributed by atoms with Gasteiger partial charge in [-0.05, 0) is 72.8 Å². The van der Waals surface area contributed by atoms with Crippen LogP contribution in [-0.2, 0) is 39.0 Å². The first-order valence-electron chi connectivity index (χ1n) is 10.8. The van der Waals surface area contributed by atoms with Gasteiger partial charge in [-0.3, -0.25) is 0 Å². The van der Waals surface area contributed by atoms with E-state index in [1.165, 1.54) is 48.5 Å². The molecule has 4 aromatic carbocycles. The molecule has 0 atom stereocenters. The second kappa shape index (κ2) is 21.8. The Morgan fingerprint density at radius 3 is 0.643 bits per heavy atom. The predicted molar refractivity (Wildman–Crippen MR) is 154 cm³/mol. The summed E-state index contributed by atoms with van der Waals surface area (Å²) >= 11 is 22.1. The molecule has 0 saturated carbocycles. The van der Waals surface area contributed by atoms with Crippen molar-refractivity contribution in [3.63, 3.8) is 0 Å². The number of carbonyl (C=O) groups is 4. The van der Waals surface area contributed by atoms with E-state index in [0.717, 1.165) is 0 Å². The third kappa shape index (κ3) is 17.2. The molecule has 0 unspecified atom stereocenters. The third-order valence-electron chi connectivity index (χ3n) is 4.29. The fraction of sp³-hybridized carbons (Fsp3) is 0. The van der Waals surface area contributed by atoms with Crippen LogP contribution in [0.25, 0.3) is 0 Å². The van der Waals surface area contributed by atoms with Crippen molar-refractivity contribution in [3.05, 3.63) is 139 Å². The van der Waals surface area contributed by atoms with Crippen LogP contribution < -0.4 is 0 Å². The van der Waals surface area contributed by atoms with E-state index < -0.39 is 23.9 Å². The van der Waals surface area contributed by atoms with Gasteiger partial charge in [0.2, 0.25) is 0 Å². The van der Waals surface area contributed by atoms with E-state index in [1.807, 2.05) is 0 Å². The van der Waals surface area contributed by atoms with Gasteiger partial charge >= 0.3 is 23.9 Å². The molecule has 0 bridgehead atoms. The number of carboxylic acids is 4. The Morgan fingerprint density at radius 2 is 0.548 bits per heavy atom. The largest absolute Gasteiger partial charge is 0.478 e. The minimum Gasteiger partial charge on any atom is -0.478 e. The molecule has 0 saturated heterocycles. The zero-order valence-electron chi connectivity index (χ0n) is 20.8. The summed E-state index contributed by atoms with van der Waals surface area (Å²) in [7, 11) is 0. The van der Waals surface area contributed by atoms with E-state index in [-0.39, 0.29) is 61.2 Å². The van der Waals surface area contributed by atoms with Gasteiger partial charge in [0.05, 0.1) is 22.3 Å². The zero-order valence-corrected chi connectivity index (χ0v) is 27.1. The van der Waals surface area contributed by atoms with Crippen molar-refractivity contribution in [2.45, 2.75) is 0 Å². The molecule has 42 heavy (non-hydrogen) atoms. The number of aromatic carboxylic acids is 4. The molecule has 0 amide bonds. The Balaban J connectivity index is 0. The monoisotopic (exact) mass is 830 g/mol. The first-order chi connectivity index (χ1) is 18.8. The summed E-state index contributed by atoms with van der Waals surface area (Å²) in [5, 5.41) is 35.6. The molecule has 8 nitrogen and oxygen atoms in total. The molecule has 4 rings (SSSR count). The molecule has 0 aliphatic carbocycles. The fourth-order valence-electron chi connectivity index (χ4n) is 2.49. The van der Waals surface area contributed by atoms with Crippen molar-refractivity contribution in [2.24, 2.45) is 0 Å². The van der Waals surface area contributed by atoms with Gasteiger partial charge in [0, 0.05) is 59.0 Å². The van der Waals surface area contributed by atoms with Gasteiger partial charge in [0.25, 0.3) is 0 Å². The van der Waals surface area contributed by atoms with E-state index in [4.69, 9.17) is 66.8 Å². The van der Waals surface area contributed by atoms with E-state index in [0.29, 0.717) is 20.1 Å². The Kier molecular flexibility index (Phi) is 21.4. The zero-order chi connectivity index (χ0) is 30.2. The summed E-state index contributed by atoms with van der Waals surface area (Å²) in [6.07, 6.45) is 0. The molecule has 0 heterocycles. The van der Waals surface area contributed by atoms with E-state index in [9.17, 15) is 19.2 Å². The second-order valence-electron chi connectivity index (χ2n) is 7.26. The normalized spacial score (nSPS) is 8.86. The van der Waals surface area contributed by atoms with Crippen molar-refractivity contribution in [1.29, 1.82) is 0 Å². The molecular weight excluding hydrogens is 812 g/mol. The van der Waals surface area contributed by atoms with Crippen LogP contribution >= 0.6 is 46.4 Å². The predicted octanol–water partition coefficient (Wildman–Crippen LogP) is 8.15. The van der Waals surface area contributed by atoms with Gasteiger partial charge in [-0.25, -0.2) is 19.2 Å². The summed E-state index contributed by atoms with van der Waals surface area (Å²) in [6, 6.07) is 24.5. The van der Waals surface area contributed by atoms with Gasteiger partial charge in [0.1, 0.15) is 0 Å². The standard InChI is InChI=1S/4C7H5ClO2.2Rh/c4*8-6-3-1-2-5(4-6)7(9)10;;/h4*1-4H,(H,9,10);;. The van der Waals surface area contributed by atoms with Crippen LogP contribution in [0.4, 0.5) is 0 Å². The number of carboxylic acid groups (broad SMARTS) is 4. The van der Waals surface area contributed by atoms with E-state index in [1.54, 1.807) is 48.5 Å². The number of halogens is 4. The summed E-state index contributed by atoms with van der Waals surface area (Å²) in [6.45, 7) is 0. The molecule has 0 spiro atoms. The Morgan fingerprint density at radius 1 is 0.381 bits per heavy atom. The molecule has 4 aromatic rings. The van der Waals surface area contributed by atoms with Gasteiger partial charge in [-0.2, -0.15) is 0 Å². The first kappa shape index (κ1) is 41.3. The third-order valence-corrected chi connectivity index (χ3v) is 5.23. The van der Waals surface area contributed by atoms with Crippen LogP contribution in [0.3, 0.4) is 0 Å². The number of benzene rings is 4. The topological polar surface area (TPSA) is 149 Å². The molecule has 4 N–H and O–H groups in total. The van der Waals surface area contributed by atoms with Crippen molar-refractivity contribution in [1.82, 2.24) is 0 Å². The van der Waals surface area contributed by atoms with Crippen LogP contribution in [0.2, 0.25) is 20.1 Å². The second-order valence-corrected chi connectivity index (χ2v) is 9.01. The van der Waals surface area contributed by atoms with Crippen LogP contribution in [0.5, 0.6) is 0 Å². The van der Waals surface area contributed by atoms with E-state index >= 15 is 0 Å². The van der Waals surface area contributed by atoms with Crippen LogP contribution in [0.1, 0.15) is 41.4 Å². The van der Waals surface area contributed by atoms with Gasteiger partial charge in [0.15, 0.2) is 0 Å². The summed E-state index contributed by atoms with van der Waals surface area (Å²) in [5.41, 5.74) is 0.861. The molecule has 0 aromatic heterocycles. The minimum absolute atomic E-state index is 0. The Bertz CT molecular complexity index is 1260. The fourth-order valence-corrected chi connectivity index (χ4v) is 3.25. The summed E-state index contributed by atoms with van der Waals surface area (Å²) in [5.74, 6) is -3.82. The van der Waals surface area contributed by atoms with Gasteiger partial charge in [-0.15, -0.1) is 0 Å². The number of hydrogen-bond acceptors (Lipinski definition) is 4.